The molecule has 2 atom stereocenters. The summed E-state index contributed by atoms with van der Waals surface area (Å²) in [7, 11) is -4.15. The molecule has 1 aromatic carbocycles. The zero-order chi connectivity index (χ0) is 18.5. The maximum atomic E-state index is 12.3. The second-order valence-corrected chi connectivity index (χ2v) is 9.84. The Morgan fingerprint density at radius 2 is 2.00 bits per heavy atom. The van der Waals surface area contributed by atoms with Crippen molar-refractivity contribution in [1.29, 1.82) is 0 Å². The molecule has 136 valence electrons. The van der Waals surface area contributed by atoms with Crippen molar-refractivity contribution in [2.75, 3.05) is 5.75 Å². The van der Waals surface area contributed by atoms with E-state index >= 15 is 0 Å². The van der Waals surface area contributed by atoms with Crippen molar-refractivity contribution in [3.63, 3.8) is 0 Å². The molecule has 2 aliphatic carbocycles. The summed E-state index contributed by atoms with van der Waals surface area (Å²) in [6, 6.07) is 6.89. The molecule has 2 fully saturated rings. The van der Waals surface area contributed by atoms with Crippen LogP contribution in [0.5, 0.6) is 0 Å². The normalized spacial score (nSPS) is 29.1. The number of rotatable bonds is 4. The molecule has 3 rings (SSSR count). The van der Waals surface area contributed by atoms with E-state index in [1.807, 2.05) is 13.8 Å². The van der Waals surface area contributed by atoms with E-state index in [4.69, 9.17) is 0 Å². The largest absolute Gasteiger partial charge is 0.286 e. The Kier molecular flexibility index (Phi) is 4.58. The number of fused-ring (bicyclic) bond motifs is 2. The van der Waals surface area contributed by atoms with Gasteiger partial charge in [-0.1, -0.05) is 29.8 Å². The summed E-state index contributed by atoms with van der Waals surface area (Å²) in [5.74, 6) is -0.392. The van der Waals surface area contributed by atoms with Crippen molar-refractivity contribution in [1.82, 2.24) is 5.43 Å². The Hall–Kier alpha value is -1.25. The van der Waals surface area contributed by atoms with Gasteiger partial charge < -0.3 is 0 Å². The second kappa shape index (κ2) is 6.17. The number of hydrazone groups is 1. The monoisotopic (exact) mass is 428 g/mol. The van der Waals surface area contributed by atoms with Crippen LogP contribution >= 0.6 is 15.9 Å². The summed E-state index contributed by atoms with van der Waals surface area (Å²) in [6.45, 7) is 4.05. The summed E-state index contributed by atoms with van der Waals surface area (Å²) in [5.41, 5.74) is 2.67. The Bertz CT molecular complexity index is 833. The van der Waals surface area contributed by atoms with Gasteiger partial charge in [-0.15, -0.1) is 0 Å². The fraction of sp³-hybridized carbons (Fsp3) is 0.529. The van der Waals surface area contributed by atoms with Crippen molar-refractivity contribution >= 4 is 37.7 Å². The molecule has 0 heterocycles. The highest BCUT2D eigenvalue weighted by atomic mass is 79.9. The molecule has 2 N–H and O–H groups in total. The second-order valence-electron chi connectivity index (χ2n) is 7.48. The number of hydrogen-bond acceptors (Lipinski definition) is 4. The van der Waals surface area contributed by atoms with Crippen LogP contribution in [0.2, 0.25) is 0 Å². The van der Waals surface area contributed by atoms with Crippen molar-refractivity contribution in [2.24, 2.45) is 21.8 Å². The minimum atomic E-state index is -4.15. The number of carbonyl (C=O) groups is 1. The van der Waals surface area contributed by atoms with Gasteiger partial charge in [0.1, 0.15) is 0 Å². The van der Waals surface area contributed by atoms with E-state index in [0.717, 1.165) is 10.9 Å². The van der Waals surface area contributed by atoms with Gasteiger partial charge in [-0.3, -0.25) is 9.35 Å². The number of amides is 1. The molecule has 2 unspecified atom stereocenters. The number of hydrogen-bond donors (Lipinski definition) is 2. The van der Waals surface area contributed by atoms with Crippen LogP contribution in [0.4, 0.5) is 0 Å². The Morgan fingerprint density at radius 3 is 2.56 bits per heavy atom. The smallest absolute Gasteiger partial charge is 0.271 e. The van der Waals surface area contributed by atoms with Gasteiger partial charge in [0.05, 0.1) is 5.75 Å². The lowest BCUT2D eigenvalue weighted by molar-refractivity contribution is 0.0954. The molecule has 1 amide bonds. The predicted octanol–water partition coefficient (Wildman–Crippen LogP) is 3.25. The summed E-state index contributed by atoms with van der Waals surface area (Å²) in [5, 5.41) is 4.29. The van der Waals surface area contributed by atoms with Crippen molar-refractivity contribution in [3.8, 4) is 0 Å². The standard InChI is InChI=1S/C17H21BrN2O4S/c1-16(2)12-7-8-17(16,10-25(22,23)24)14(9-12)19-20-15(21)11-3-5-13(18)6-4-11/h3-6,12H,7-10H2,1-2H3,(H,20,21)(H,22,23,24)/b19-14+. The molecular formula is C17H21BrN2O4S. The first-order chi connectivity index (χ1) is 11.6. The van der Waals surface area contributed by atoms with Crippen LogP contribution in [0.1, 0.15) is 43.5 Å². The Morgan fingerprint density at radius 1 is 1.36 bits per heavy atom. The van der Waals surface area contributed by atoms with E-state index in [9.17, 15) is 17.8 Å². The first-order valence-electron chi connectivity index (χ1n) is 8.13. The average molecular weight is 429 g/mol. The number of nitrogens with zero attached hydrogens (tertiary/aromatic N) is 1. The van der Waals surface area contributed by atoms with Crippen LogP contribution in [-0.2, 0) is 10.1 Å². The number of benzene rings is 1. The number of nitrogens with one attached hydrogen (secondary N) is 1. The number of halogens is 1. The third-order valence-corrected chi connectivity index (χ3v) is 7.38. The third-order valence-electron chi connectivity index (χ3n) is 5.99. The van der Waals surface area contributed by atoms with Gasteiger partial charge in [-0.25, -0.2) is 5.43 Å². The van der Waals surface area contributed by atoms with Crippen molar-refractivity contribution in [2.45, 2.75) is 33.1 Å². The summed E-state index contributed by atoms with van der Waals surface area (Å²) in [4.78, 5) is 12.3. The van der Waals surface area contributed by atoms with Gasteiger partial charge in [0.15, 0.2) is 0 Å². The topological polar surface area (TPSA) is 95.8 Å². The van der Waals surface area contributed by atoms with Gasteiger partial charge in [-0.05, 0) is 54.9 Å². The molecule has 2 aliphatic rings. The fourth-order valence-electron chi connectivity index (χ4n) is 4.39. The first-order valence-corrected chi connectivity index (χ1v) is 10.5. The maximum Gasteiger partial charge on any atom is 0.271 e. The lowest BCUT2D eigenvalue weighted by atomic mass is 9.70. The van der Waals surface area contributed by atoms with Crippen LogP contribution in [0.25, 0.3) is 0 Å². The quantitative estimate of drug-likeness (QED) is 0.567. The summed E-state index contributed by atoms with van der Waals surface area (Å²) >= 11 is 3.32. The van der Waals surface area contributed by atoms with Gasteiger partial charge in [0.25, 0.3) is 16.0 Å². The number of carbonyl (C=O) groups excluding carboxylic acids is 1. The molecule has 0 radical (unpaired) electrons. The molecule has 0 saturated heterocycles. The van der Waals surface area contributed by atoms with E-state index < -0.39 is 15.5 Å². The summed E-state index contributed by atoms with van der Waals surface area (Å²) < 4.78 is 33.5. The van der Waals surface area contributed by atoms with E-state index in [1.54, 1.807) is 24.3 Å². The molecule has 6 nitrogen and oxygen atoms in total. The van der Waals surface area contributed by atoms with E-state index in [0.29, 0.717) is 30.0 Å². The highest BCUT2D eigenvalue weighted by Gasteiger charge is 2.64. The average Bonchev–Trinajstić information content (AvgIpc) is 2.86. The van der Waals surface area contributed by atoms with Crippen LogP contribution in [-0.4, -0.2) is 30.3 Å². The van der Waals surface area contributed by atoms with Crippen molar-refractivity contribution < 1.29 is 17.8 Å². The molecule has 0 aromatic heterocycles. The Balaban J connectivity index is 1.87. The first kappa shape index (κ1) is 18.5. The van der Waals surface area contributed by atoms with Crippen LogP contribution in [0, 0.1) is 16.7 Å². The van der Waals surface area contributed by atoms with Gasteiger partial charge >= 0.3 is 0 Å². The molecule has 0 aliphatic heterocycles. The maximum absolute atomic E-state index is 12.3. The molecular weight excluding hydrogens is 408 g/mol. The Labute approximate surface area is 156 Å². The van der Waals surface area contributed by atoms with Crippen LogP contribution < -0.4 is 5.43 Å². The van der Waals surface area contributed by atoms with E-state index in [2.05, 4.69) is 26.5 Å². The van der Waals surface area contributed by atoms with Gasteiger partial charge in [0, 0.05) is 21.2 Å². The third kappa shape index (κ3) is 3.27. The van der Waals surface area contributed by atoms with Gasteiger partial charge in [0.2, 0.25) is 0 Å². The van der Waals surface area contributed by atoms with Gasteiger partial charge in [-0.2, -0.15) is 13.5 Å². The highest BCUT2D eigenvalue weighted by molar-refractivity contribution is 9.10. The van der Waals surface area contributed by atoms with E-state index in [1.165, 1.54) is 0 Å². The molecule has 2 saturated carbocycles. The lowest BCUT2D eigenvalue weighted by Crippen LogP contribution is -2.43. The molecule has 2 bridgehead atoms. The molecule has 0 spiro atoms. The highest BCUT2D eigenvalue weighted by Crippen LogP contribution is 2.64. The molecule has 25 heavy (non-hydrogen) atoms. The molecule has 1 aromatic rings. The molecule has 8 heteroatoms. The van der Waals surface area contributed by atoms with Crippen LogP contribution in [0.15, 0.2) is 33.8 Å². The van der Waals surface area contributed by atoms with Crippen molar-refractivity contribution in [3.05, 3.63) is 34.3 Å². The SMILES string of the molecule is CC1(C)C2CCC1(CS(=O)(=O)O)/C(=N/NC(=O)c1ccc(Br)cc1)C2. The zero-order valence-electron chi connectivity index (χ0n) is 14.1. The fourth-order valence-corrected chi connectivity index (χ4v) is 5.96. The minimum absolute atomic E-state index is 0.288. The summed E-state index contributed by atoms with van der Waals surface area (Å²) in [6.07, 6.45) is 2.20. The zero-order valence-corrected chi connectivity index (χ0v) is 16.5. The van der Waals surface area contributed by atoms with Crippen LogP contribution in [0.3, 0.4) is 0 Å². The predicted molar refractivity (Wildman–Crippen MR) is 99.0 cm³/mol. The minimum Gasteiger partial charge on any atom is -0.286 e. The van der Waals surface area contributed by atoms with E-state index in [-0.39, 0.29) is 17.1 Å². The lowest BCUT2D eigenvalue weighted by Gasteiger charge is -2.37.